The highest BCUT2D eigenvalue weighted by Crippen LogP contribution is 2.31. The Hall–Kier alpha value is -0.280. The van der Waals surface area contributed by atoms with Gasteiger partial charge in [0.05, 0.1) is 0 Å². The summed E-state index contributed by atoms with van der Waals surface area (Å²) in [5.74, 6) is 1.37. The lowest BCUT2D eigenvalue weighted by Crippen LogP contribution is -2.48. The molecule has 2 fully saturated rings. The first kappa shape index (κ1) is 17.8. The Kier molecular flexibility index (Phi) is 7.90. The van der Waals surface area contributed by atoms with Crippen molar-refractivity contribution in [2.75, 3.05) is 6.54 Å². The van der Waals surface area contributed by atoms with Gasteiger partial charge in [-0.2, -0.15) is 0 Å². The maximum absolute atomic E-state index is 12.4. The maximum atomic E-state index is 12.4. The molecule has 0 aromatic carbocycles. The summed E-state index contributed by atoms with van der Waals surface area (Å²) in [6.07, 6.45) is 9.68. The molecular formula is C16H31ClN2O. The quantitative estimate of drug-likeness (QED) is 0.818. The molecule has 118 valence electrons. The van der Waals surface area contributed by atoms with E-state index in [9.17, 15) is 4.79 Å². The molecule has 20 heavy (non-hydrogen) atoms. The van der Waals surface area contributed by atoms with Crippen molar-refractivity contribution in [2.45, 2.75) is 77.3 Å². The van der Waals surface area contributed by atoms with E-state index in [1.54, 1.807) is 0 Å². The highest BCUT2D eigenvalue weighted by Gasteiger charge is 2.26. The van der Waals surface area contributed by atoms with E-state index in [4.69, 9.17) is 0 Å². The van der Waals surface area contributed by atoms with Gasteiger partial charge in [0.2, 0.25) is 5.91 Å². The molecule has 3 nitrogen and oxygen atoms in total. The van der Waals surface area contributed by atoms with Gasteiger partial charge in [-0.3, -0.25) is 4.79 Å². The Bertz CT molecular complexity index is 292. The maximum Gasteiger partial charge on any atom is 0.223 e. The molecule has 1 saturated carbocycles. The third-order valence-corrected chi connectivity index (χ3v) is 4.93. The van der Waals surface area contributed by atoms with Crippen molar-refractivity contribution in [3.8, 4) is 0 Å². The SMILES string of the molecule is CCC(CC1CCCC1)C(=O)NC1CCNC(C)C1.Cl. The van der Waals surface area contributed by atoms with Gasteiger partial charge >= 0.3 is 0 Å². The number of hydrogen-bond acceptors (Lipinski definition) is 2. The molecule has 2 aliphatic rings. The van der Waals surface area contributed by atoms with E-state index in [-0.39, 0.29) is 18.3 Å². The molecule has 1 saturated heterocycles. The molecule has 0 spiro atoms. The van der Waals surface area contributed by atoms with Gasteiger partial charge in [0.25, 0.3) is 0 Å². The van der Waals surface area contributed by atoms with Crippen molar-refractivity contribution in [3.63, 3.8) is 0 Å². The molecular weight excluding hydrogens is 272 g/mol. The number of nitrogens with one attached hydrogen (secondary N) is 2. The molecule has 2 N–H and O–H groups in total. The van der Waals surface area contributed by atoms with Crippen LogP contribution in [0.15, 0.2) is 0 Å². The first-order chi connectivity index (χ1) is 9.19. The fraction of sp³-hybridized carbons (Fsp3) is 0.938. The Morgan fingerprint density at radius 2 is 2.00 bits per heavy atom. The minimum Gasteiger partial charge on any atom is -0.353 e. The van der Waals surface area contributed by atoms with Crippen molar-refractivity contribution in [3.05, 3.63) is 0 Å². The summed E-state index contributed by atoms with van der Waals surface area (Å²) >= 11 is 0. The van der Waals surface area contributed by atoms with Crippen LogP contribution in [0.2, 0.25) is 0 Å². The number of halogens is 1. The van der Waals surface area contributed by atoms with Crippen molar-refractivity contribution in [1.29, 1.82) is 0 Å². The summed E-state index contributed by atoms with van der Waals surface area (Å²) < 4.78 is 0. The second kappa shape index (κ2) is 8.89. The molecule has 0 aromatic rings. The fourth-order valence-corrected chi connectivity index (χ4v) is 3.69. The third-order valence-electron chi connectivity index (χ3n) is 4.93. The summed E-state index contributed by atoms with van der Waals surface area (Å²) in [6.45, 7) is 5.39. The van der Waals surface area contributed by atoms with Gasteiger partial charge in [-0.15, -0.1) is 12.4 Å². The molecule has 0 aromatic heterocycles. The predicted octanol–water partition coefficient (Wildman–Crippen LogP) is 3.27. The van der Waals surface area contributed by atoms with Gasteiger partial charge in [0.1, 0.15) is 0 Å². The van der Waals surface area contributed by atoms with Gasteiger partial charge in [0.15, 0.2) is 0 Å². The second-order valence-electron chi connectivity index (χ2n) is 6.58. The lowest BCUT2D eigenvalue weighted by Gasteiger charge is -2.30. The van der Waals surface area contributed by atoms with Crippen LogP contribution < -0.4 is 10.6 Å². The van der Waals surface area contributed by atoms with Crippen LogP contribution in [-0.4, -0.2) is 24.5 Å². The van der Waals surface area contributed by atoms with Crippen LogP contribution in [-0.2, 0) is 4.79 Å². The van der Waals surface area contributed by atoms with Gasteiger partial charge in [0, 0.05) is 18.0 Å². The van der Waals surface area contributed by atoms with Gasteiger partial charge < -0.3 is 10.6 Å². The second-order valence-corrected chi connectivity index (χ2v) is 6.58. The molecule has 0 radical (unpaired) electrons. The van der Waals surface area contributed by atoms with Crippen molar-refractivity contribution in [2.24, 2.45) is 11.8 Å². The monoisotopic (exact) mass is 302 g/mol. The summed E-state index contributed by atoms with van der Waals surface area (Å²) in [5.41, 5.74) is 0. The average molecular weight is 303 g/mol. The van der Waals surface area contributed by atoms with Gasteiger partial charge in [-0.05, 0) is 45.1 Å². The summed E-state index contributed by atoms with van der Waals surface area (Å²) in [7, 11) is 0. The molecule has 1 aliphatic heterocycles. The minimum atomic E-state index is 0. The molecule has 3 atom stereocenters. The molecule has 4 heteroatoms. The Balaban J connectivity index is 0.00000200. The van der Waals surface area contributed by atoms with E-state index in [2.05, 4.69) is 24.5 Å². The summed E-state index contributed by atoms with van der Waals surface area (Å²) in [4.78, 5) is 12.4. The van der Waals surface area contributed by atoms with E-state index in [1.165, 1.54) is 25.7 Å². The smallest absolute Gasteiger partial charge is 0.223 e. The summed E-state index contributed by atoms with van der Waals surface area (Å²) in [5, 5.41) is 6.73. The number of amides is 1. The van der Waals surface area contributed by atoms with E-state index in [0.717, 1.165) is 38.1 Å². The predicted molar refractivity (Wildman–Crippen MR) is 86.2 cm³/mol. The van der Waals surface area contributed by atoms with Crippen molar-refractivity contribution >= 4 is 18.3 Å². The van der Waals surface area contributed by atoms with E-state index in [0.29, 0.717) is 18.0 Å². The number of hydrogen-bond donors (Lipinski definition) is 2. The van der Waals surface area contributed by atoms with Crippen LogP contribution in [0.5, 0.6) is 0 Å². The molecule has 2 rings (SSSR count). The number of piperidine rings is 1. The lowest BCUT2D eigenvalue weighted by atomic mass is 9.90. The Morgan fingerprint density at radius 1 is 1.30 bits per heavy atom. The highest BCUT2D eigenvalue weighted by atomic mass is 35.5. The lowest BCUT2D eigenvalue weighted by molar-refractivity contribution is -0.126. The van der Waals surface area contributed by atoms with E-state index < -0.39 is 0 Å². The van der Waals surface area contributed by atoms with Gasteiger partial charge in [-0.25, -0.2) is 0 Å². The van der Waals surface area contributed by atoms with Crippen LogP contribution in [0.1, 0.15) is 65.2 Å². The Morgan fingerprint density at radius 3 is 2.60 bits per heavy atom. The number of carbonyl (C=O) groups excluding carboxylic acids is 1. The molecule has 1 amide bonds. The normalized spacial score (nSPS) is 28.7. The molecule has 1 aliphatic carbocycles. The number of carbonyl (C=O) groups is 1. The first-order valence-corrected chi connectivity index (χ1v) is 8.22. The van der Waals surface area contributed by atoms with E-state index >= 15 is 0 Å². The van der Waals surface area contributed by atoms with Crippen molar-refractivity contribution in [1.82, 2.24) is 10.6 Å². The molecule has 3 unspecified atom stereocenters. The van der Waals surface area contributed by atoms with Crippen LogP contribution in [0, 0.1) is 11.8 Å². The standard InChI is InChI=1S/C16H30N2O.ClH/c1-3-14(11-13-6-4-5-7-13)16(19)18-15-8-9-17-12(2)10-15;/h12-15,17H,3-11H2,1-2H3,(H,18,19);1H. The zero-order valence-electron chi connectivity index (χ0n) is 13.0. The van der Waals surface area contributed by atoms with Crippen LogP contribution in [0.4, 0.5) is 0 Å². The van der Waals surface area contributed by atoms with Gasteiger partial charge in [-0.1, -0.05) is 32.6 Å². The van der Waals surface area contributed by atoms with Crippen LogP contribution in [0.25, 0.3) is 0 Å². The minimum absolute atomic E-state index is 0. The highest BCUT2D eigenvalue weighted by molar-refractivity contribution is 5.85. The first-order valence-electron chi connectivity index (χ1n) is 8.22. The Labute approximate surface area is 130 Å². The topological polar surface area (TPSA) is 41.1 Å². The summed E-state index contributed by atoms with van der Waals surface area (Å²) in [6, 6.07) is 0.926. The number of rotatable bonds is 5. The molecule has 0 bridgehead atoms. The molecule has 1 heterocycles. The third kappa shape index (κ3) is 5.25. The van der Waals surface area contributed by atoms with Crippen LogP contribution >= 0.6 is 12.4 Å². The van der Waals surface area contributed by atoms with Crippen molar-refractivity contribution < 1.29 is 4.79 Å². The van der Waals surface area contributed by atoms with E-state index in [1.807, 2.05) is 0 Å². The fourth-order valence-electron chi connectivity index (χ4n) is 3.69. The van der Waals surface area contributed by atoms with Crippen LogP contribution in [0.3, 0.4) is 0 Å². The zero-order chi connectivity index (χ0) is 13.7. The zero-order valence-corrected chi connectivity index (χ0v) is 13.8. The average Bonchev–Trinajstić information content (AvgIpc) is 2.88. The largest absolute Gasteiger partial charge is 0.353 e.